The predicted molar refractivity (Wildman–Crippen MR) is 89.6 cm³/mol. The lowest BCUT2D eigenvalue weighted by Crippen LogP contribution is -2.27. The summed E-state index contributed by atoms with van der Waals surface area (Å²) >= 11 is 0. The van der Waals surface area contributed by atoms with Crippen LogP contribution < -0.4 is 5.32 Å². The summed E-state index contributed by atoms with van der Waals surface area (Å²) in [5.41, 5.74) is 3.97. The van der Waals surface area contributed by atoms with Crippen molar-refractivity contribution in [3.8, 4) is 0 Å². The molecule has 0 aliphatic carbocycles. The topological polar surface area (TPSA) is 72.2 Å². The molecule has 23 heavy (non-hydrogen) atoms. The highest BCUT2D eigenvalue weighted by molar-refractivity contribution is 5.96. The van der Waals surface area contributed by atoms with Crippen molar-refractivity contribution < 1.29 is 9.72 Å². The van der Waals surface area contributed by atoms with Gasteiger partial charge >= 0.3 is 0 Å². The first-order valence-corrected chi connectivity index (χ1v) is 7.43. The molecule has 0 unspecified atom stereocenters. The summed E-state index contributed by atoms with van der Waals surface area (Å²) in [6, 6.07) is 10.4. The van der Waals surface area contributed by atoms with E-state index in [4.69, 9.17) is 0 Å². The summed E-state index contributed by atoms with van der Waals surface area (Å²) < 4.78 is 0. The van der Waals surface area contributed by atoms with Crippen LogP contribution in [0, 0.1) is 30.9 Å². The Morgan fingerprint density at radius 2 is 1.87 bits per heavy atom. The lowest BCUT2D eigenvalue weighted by molar-refractivity contribution is -0.385. The summed E-state index contributed by atoms with van der Waals surface area (Å²) in [6.45, 7) is 7.52. The molecule has 0 radical (unpaired) electrons. The number of nitrogens with zero attached hydrogens (tertiary/aromatic N) is 1. The minimum absolute atomic E-state index is 0.0446. The molecule has 0 aliphatic heterocycles. The van der Waals surface area contributed by atoms with Crippen LogP contribution in [-0.4, -0.2) is 10.8 Å². The summed E-state index contributed by atoms with van der Waals surface area (Å²) in [5.74, 6) is -0.307. The minimum Gasteiger partial charge on any atom is -0.345 e. The van der Waals surface area contributed by atoms with Crippen molar-refractivity contribution in [2.45, 2.75) is 33.7 Å². The molecule has 5 nitrogen and oxygen atoms in total. The SMILES string of the molecule is Cc1ccc([C@@H](C)NC(=O)c2cccc([N+](=O)[O-])c2C)c(C)c1. The Morgan fingerprint density at radius 1 is 1.17 bits per heavy atom. The van der Waals surface area contributed by atoms with Gasteiger partial charge in [0.2, 0.25) is 0 Å². The molecule has 0 saturated heterocycles. The molecule has 1 amide bonds. The van der Waals surface area contributed by atoms with Crippen LogP contribution in [0.5, 0.6) is 0 Å². The maximum atomic E-state index is 12.5. The summed E-state index contributed by atoms with van der Waals surface area (Å²) in [7, 11) is 0. The molecule has 2 rings (SSSR count). The van der Waals surface area contributed by atoms with E-state index in [1.165, 1.54) is 17.7 Å². The fourth-order valence-electron chi connectivity index (χ4n) is 2.73. The van der Waals surface area contributed by atoms with Gasteiger partial charge in [0.15, 0.2) is 0 Å². The molecule has 5 heteroatoms. The molecule has 120 valence electrons. The number of amides is 1. The number of nitro benzene ring substituents is 1. The van der Waals surface area contributed by atoms with Gasteiger partial charge in [-0.05, 0) is 44.9 Å². The molecule has 2 aromatic carbocycles. The van der Waals surface area contributed by atoms with Crippen LogP contribution in [-0.2, 0) is 0 Å². The number of nitrogens with one attached hydrogen (secondary N) is 1. The van der Waals surface area contributed by atoms with Crippen molar-refractivity contribution in [2.75, 3.05) is 0 Å². The second kappa shape index (κ2) is 6.60. The van der Waals surface area contributed by atoms with Crippen LogP contribution >= 0.6 is 0 Å². The quantitative estimate of drug-likeness (QED) is 0.685. The molecule has 0 heterocycles. The van der Waals surface area contributed by atoms with Gasteiger partial charge in [0.1, 0.15) is 0 Å². The Balaban J connectivity index is 2.25. The van der Waals surface area contributed by atoms with Crippen LogP contribution in [0.4, 0.5) is 5.69 Å². The van der Waals surface area contributed by atoms with Crippen LogP contribution in [0.3, 0.4) is 0 Å². The molecular weight excluding hydrogens is 292 g/mol. The molecule has 1 atom stereocenters. The Kier molecular flexibility index (Phi) is 4.79. The monoisotopic (exact) mass is 312 g/mol. The normalized spacial score (nSPS) is 11.8. The zero-order chi connectivity index (χ0) is 17.1. The van der Waals surface area contributed by atoms with Gasteiger partial charge in [-0.25, -0.2) is 0 Å². The van der Waals surface area contributed by atoms with Gasteiger partial charge in [-0.2, -0.15) is 0 Å². The van der Waals surface area contributed by atoms with E-state index in [0.29, 0.717) is 11.1 Å². The Hall–Kier alpha value is -2.69. The summed E-state index contributed by atoms with van der Waals surface area (Å²) in [5, 5.41) is 13.9. The van der Waals surface area contributed by atoms with E-state index in [9.17, 15) is 14.9 Å². The lowest BCUT2D eigenvalue weighted by atomic mass is 9.99. The second-order valence-electron chi connectivity index (χ2n) is 5.76. The highest BCUT2D eigenvalue weighted by Crippen LogP contribution is 2.23. The third-order valence-electron chi connectivity index (χ3n) is 3.99. The Labute approximate surface area is 135 Å². The third-order valence-corrected chi connectivity index (χ3v) is 3.99. The molecule has 2 aromatic rings. The first-order valence-electron chi connectivity index (χ1n) is 7.43. The molecule has 0 saturated carbocycles. The van der Waals surface area contributed by atoms with Crippen LogP contribution in [0.25, 0.3) is 0 Å². The van der Waals surface area contributed by atoms with Crippen molar-refractivity contribution in [2.24, 2.45) is 0 Å². The second-order valence-corrected chi connectivity index (χ2v) is 5.76. The Bertz CT molecular complexity index is 769. The fourth-order valence-corrected chi connectivity index (χ4v) is 2.73. The van der Waals surface area contributed by atoms with E-state index in [2.05, 4.69) is 11.4 Å². The van der Waals surface area contributed by atoms with E-state index >= 15 is 0 Å². The lowest BCUT2D eigenvalue weighted by Gasteiger charge is -2.18. The first kappa shape index (κ1) is 16.7. The van der Waals surface area contributed by atoms with Crippen LogP contribution in [0.1, 0.15) is 45.6 Å². The third kappa shape index (κ3) is 3.56. The number of aryl methyl sites for hydroxylation is 2. The zero-order valence-electron chi connectivity index (χ0n) is 13.7. The van der Waals surface area contributed by atoms with Crippen molar-refractivity contribution >= 4 is 11.6 Å². The highest BCUT2D eigenvalue weighted by atomic mass is 16.6. The van der Waals surface area contributed by atoms with E-state index in [-0.39, 0.29) is 17.6 Å². The van der Waals surface area contributed by atoms with Crippen molar-refractivity contribution in [3.63, 3.8) is 0 Å². The van der Waals surface area contributed by atoms with Gasteiger partial charge in [0.05, 0.1) is 11.0 Å². The van der Waals surface area contributed by atoms with Gasteiger partial charge in [0, 0.05) is 17.2 Å². The molecular formula is C18H20N2O3. The number of rotatable bonds is 4. The van der Waals surface area contributed by atoms with Gasteiger partial charge in [-0.15, -0.1) is 0 Å². The van der Waals surface area contributed by atoms with E-state index in [1.807, 2.05) is 32.9 Å². The van der Waals surface area contributed by atoms with Crippen molar-refractivity contribution in [1.82, 2.24) is 5.32 Å². The number of benzene rings is 2. The predicted octanol–water partition coefficient (Wildman–Crippen LogP) is 4.01. The molecule has 0 aliphatic rings. The molecule has 1 N–H and O–H groups in total. The number of nitro groups is 1. The van der Waals surface area contributed by atoms with Gasteiger partial charge in [-0.3, -0.25) is 14.9 Å². The maximum Gasteiger partial charge on any atom is 0.273 e. The highest BCUT2D eigenvalue weighted by Gasteiger charge is 2.19. The average molecular weight is 312 g/mol. The number of carbonyl (C=O) groups is 1. The zero-order valence-corrected chi connectivity index (χ0v) is 13.7. The molecule has 0 spiro atoms. The average Bonchev–Trinajstić information content (AvgIpc) is 2.46. The molecule has 0 bridgehead atoms. The van der Waals surface area contributed by atoms with Gasteiger partial charge in [0.25, 0.3) is 11.6 Å². The van der Waals surface area contributed by atoms with E-state index in [0.717, 1.165) is 11.1 Å². The van der Waals surface area contributed by atoms with E-state index < -0.39 is 4.92 Å². The van der Waals surface area contributed by atoms with Crippen molar-refractivity contribution in [1.29, 1.82) is 0 Å². The van der Waals surface area contributed by atoms with Gasteiger partial charge < -0.3 is 5.32 Å². The standard InChI is InChI=1S/C18H20N2O3/c1-11-8-9-15(12(2)10-11)14(4)19-18(21)16-6-5-7-17(13(16)3)20(22)23/h5-10,14H,1-4H3,(H,19,21)/t14-/m1/s1. The first-order chi connectivity index (χ1) is 10.8. The molecule has 0 aromatic heterocycles. The number of hydrogen-bond acceptors (Lipinski definition) is 3. The van der Waals surface area contributed by atoms with Gasteiger partial charge in [-0.1, -0.05) is 29.8 Å². The molecule has 0 fully saturated rings. The summed E-state index contributed by atoms with van der Waals surface area (Å²) in [4.78, 5) is 23.0. The maximum absolute atomic E-state index is 12.5. The summed E-state index contributed by atoms with van der Waals surface area (Å²) in [6.07, 6.45) is 0. The van der Waals surface area contributed by atoms with Crippen LogP contribution in [0.2, 0.25) is 0 Å². The number of hydrogen-bond donors (Lipinski definition) is 1. The van der Waals surface area contributed by atoms with Crippen LogP contribution in [0.15, 0.2) is 36.4 Å². The largest absolute Gasteiger partial charge is 0.345 e. The van der Waals surface area contributed by atoms with Crippen molar-refractivity contribution in [3.05, 3.63) is 74.3 Å². The number of carbonyl (C=O) groups excluding carboxylic acids is 1. The minimum atomic E-state index is -0.473. The Morgan fingerprint density at radius 3 is 2.48 bits per heavy atom. The smallest absolute Gasteiger partial charge is 0.273 e. The fraction of sp³-hybridized carbons (Fsp3) is 0.278. The van der Waals surface area contributed by atoms with E-state index in [1.54, 1.807) is 13.0 Å².